The lowest BCUT2D eigenvalue weighted by molar-refractivity contribution is 0.0975. The molecule has 2 heterocycles. The number of nitrogens with one attached hydrogen (secondary N) is 1. The maximum atomic E-state index is 12.9. The van der Waals surface area contributed by atoms with Crippen molar-refractivity contribution in [1.82, 2.24) is 14.5 Å². The molecule has 0 aliphatic carbocycles. The molecule has 0 atom stereocenters. The number of nitrogens with zero attached hydrogens (tertiary/aromatic N) is 3. The van der Waals surface area contributed by atoms with E-state index < -0.39 is 17.2 Å². The van der Waals surface area contributed by atoms with Gasteiger partial charge < -0.3 is 10.5 Å². The lowest BCUT2D eigenvalue weighted by atomic mass is 10.2. The third kappa shape index (κ3) is 4.17. The molecule has 2 rings (SSSR count). The Kier molecular flexibility index (Phi) is 6.67. The molecule has 1 amide bonds. The predicted octanol–water partition coefficient (Wildman–Crippen LogP) is 0.607. The minimum Gasteiger partial charge on any atom is -0.383 e. The van der Waals surface area contributed by atoms with E-state index in [1.54, 1.807) is 12.1 Å². The van der Waals surface area contributed by atoms with E-state index in [0.29, 0.717) is 18.5 Å². The van der Waals surface area contributed by atoms with Crippen LogP contribution in [-0.4, -0.2) is 40.7 Å². The number of methoxy groups -OCH3 is 1. The van der Waals surface area contributed by atoms with E-state index in [0.717, 1.165) is 6.42 Å². The smallest absolute Gasteiger partial charge is 0.330 e. The van der Waals surface area contributed by atoms with E-state index in [9.17, 15) is 14.4 Å². The van der Waals surface area contributed by atoms with Gasteiger partial charge in [0, 0.05) is 38.2 Å². The second kappa shape index (κ2) is 8.95. The average Bonchev–Trinajstić information content (AvgIpc) is 2.64. The van der Waals surface area contributed by atoms with Crippen molar-refractivity contribution < 1.29 is 9.53 Å². The molecule has 0 bridgehead atoms. The molecule has 2 aromatic rings. The van der Waals surface area contributed by atoms with Crippen LogP contribution in [0.1, 0.15) is 30.1 Å². The van der Waals surface area contributed by atoms with Crippen molar-refractivity contribution in [3.63, 3.8) is 0 Å². The Balaban J connectivity index is 2.56. The number of unbranched alkanes of at least 4 members (excludes halogenated alkanes) is 1. The van der Waals surface area contributed by atoms with E-state index in [2.05, 4.69) is 9.97 Å². The number of hydrogen-bond acceptors (Lipinski definition) is 6. The lowest BCUT2D eigenvalue weighted by Gasteiger charge is -2.24. The molecule has 26 heavy (non-hydrogen) atoms. The van der Waals surface area contributed by atoms with E-state index in [1.165, 1.54) is 29.0 Å². The van der Waals surface area contributed by atoms with Gasteiger partial charge in [0.25, 0.3) is 11.5 Å². The van der Waals surface area contributed by atoms with Crippen LogP contribution >= 0.6 is 0 Å². The van der Waals surface area contributed by atoms with Gasteiger partial charge in [0.15, 0.2) is 5.69 Å². The number of nitrogens with two attached hydrogens (primary N) is 1. The zero-order valence-corrected chi connectivity index (χ0v) is 14.9. The highest BCUT2D eigenvalue weighted by Gasteiger charge is 2.25. The maximum Gasteiger partial charge on any atom is 0.330 e. The standard InChI is InChI=1S/C17H23N5O4/c1-3-4-9-22-14(18)13(15(23)20-17(22)25)21(10-11-26-2)16(24)12-5-7-19-8-6-12/h5-8H,3-4,9-11,18H2,1-2H3,(H,20,23,25). The normalized spacial score (nSPS) is 10.7. The SMILES string of the molecule is CCCCn1c(N)c(N(CCOC)C(=O)c2ccncc2)c(=O)[nH]c1=O. The third-order valence-corrected chi connectivity index (χ3v) is 3.91. The highest BCUT2D eigenvalue weighted by Crippen LogP contribution is 2.19. The highest BCUT2D eigenvalue weighted by molar-refractivity contribution is 6.07. The molecule has 3 N–H and O–H groups in total. The van der Waals surface area contributed by atoms with Crippen LogP contribution in [0.15, 0.2) is 34.1 Å². The van der Waals surface area contributed by atoms with Crippen LogP contribution in [0.4, 0.5) is 11.5 Å². The molecule has 140 valence electrons. The van der Waals surface area contributed by atoms with Gasteiger partial charge in [-0.1, -0.05) is 13.3 Å². The number of pyridine rings is 1. The summed E-state index contributed by atoms with van der Waals surface area (Å²) in [7, 11) is 1.49. The van der Waals surface area contributed by atoms with Gasteiger partial charge >= 0.3 is 5.69 Å². The third-order valence-electron chi connectivity index (χ3n) is 3.91. The first-order chi connectivity index (χ1) is 12.5. The first-order valence-corrected chi connectivity index (χ1v) is 8.34. The van der Waals surface area contributed by atoms with Crippen LogP contribution in [0, 0.1) is 0 Å². The van der Waals surface area contributed by atoms with E-state index in [-0.39, 0.29) is 24.7 Å². The first kappa shape index (κ1) is 19.4. The molecule has 0 spiro atoms. The van der Waals surface area contributed by atoms with Crippen LogP contribution in [0.2, 0.25) is 0 Å². The quantitative estimate of drug-likeness (QED) is 0.710. The first-order valence-electron chi connectivity index (χ1n) is 8.34. The largest absolute Gasteiger partial charge is 0.383 e. The van der Waals surface area contributed by atoms with Crippen molar-refractivity contribution in [2.75, 3.05) is 30.9 Å². The molecule has 0 aromatic carbocycles. The van der Waals surface area contributed by atoms with Gasteiger partial charge in [0.05, 0.1) is 6.61 Å². The monoisotopic (exact) mass is 361 g/mol. The van der Waals surface area contributed by atoms with Crippen molar-refractivity contribution in [2.45, 2.75) is 26.3 Å². The molecule has 9 heteroatoms. The fourth-order valence-electron chi connectivity index (χ4n) is 2.52. The Bertz CT molecular complexity index is 860. The number of anilines is 2. The van der Waals surface area contributed by atoms with Gasteiger partial charge in [0.2, 0.25) is 0 Å². The molecule has 2 aromatic heterocycles. The molecule has 0 aliphatic rings. The van der Waals surface area contributed by atoms with Gasteiger partial charge in [-0.05, 0) is 18.6 Å². The van der Waals surface area contributed by atoms with Crippen molar-refractivity contribution in [3.05, 3.63) is 50.9 Å². The van der Waals surface area contributed by atoms with Crippen molar-refractivity contribution >= 4 is 17.4 Å². The topological polar surface area (TPSA) is 123 Å². The Labute approximate surface area is 150 Å². The van der Waals surface area contributed by atoms with E-state index in [4.69, 9.17) is 10.5 Å². The maximum absolute atomic E-state index is 12.9. The number of carbonyl (C=O) groups is 1. The van der Waals surface area contributed by atoms with Crippen molar-refractivity contribution in [3.8, 4) is 0 Å². The number of ether oxygens (including phenoxy) is 1. The Morgan fingerprint density at radius 1 is 1.35 bits per heavy atom. The van der Waals surface area contributed by atoms with Crippen molar-refractivity contribution in [1.29, 1.82) is 0 Å². The summed E-state index contributed by atoms with van der Waals surface area (Å²) in [5, 5.41) is 0. The molecule has 0 aliphatic heterocycles. The van der Waals surface area contributed by atoms with Gasteiger partial charge in [-0.3, -0.25) is 29.0 Å². The molecule has 0 fully saturated rings. The number of carbonyl (C=O) groups excluding carboxylic acids is 1. The van der Waals surface area contributed by atoms with Crippen LogP contribution in [0.5, 0.6) is 0 Å². The second-order valence-corrected chi connectivity index (χ2v) is 5.68. The summed E-state index contributed by atoms with van der Waals surface area (Å²) in [4.78, 5) is 44.8. The fraction of sp³-hybridized carbons (Fsp3) is 0.412. The number of amides is 1. The number of aromatic amines is 1. The summed E-state index contributed by atoms with van der Waals surface area (Å²) in [6.07, 6.45) is 4.53. The second-order valence-electron chi connectivity index (χ2n) is 5.68. The summed E-state index contributed by atoms with van der Waals surface area (Å²) in [5.41, 5.74) is 5.10. The molecule has 9 nitrogen and oxygen atoms in total. The Hall–Kier alpha value is -2.94. The summed E-state index contributed by atoms with van der Waals surface area (Å²) in [6, 6.07) is 3.08. The number of nitrogen functional groups attached to an aromatic ring is 1. The van der Waals surface area contributed by atoms with Crippen LogP contribution in [0.25, 0.3) is 0 Å². The highest BCUT2D eigenvalue weighted by atomic mass is 16.5. The van der Waals surface area contributed by atoms with Crippen LogP contribution in [0.3, 0.4) is 0 Å². The number of rotatable bonds is 8. The fourth-order valence-corrected chi connectivity index (χ4v) is 2.52. The zero-order chi connectivity index (χ0) is 19.1. The van der Waals surface area contributed by atoms with Crippen LogP contribution in [-0.2, 0) is 11.3 Å². The molecule has 0 saturated carbocycles. The summed E-state index contributed by atoms with van der Waals surface area (Å²) >= 11 is 0. The molecular weight excluding hydrogens is 338 g/mol. The summed E-state index contributed by atoms with van der Waals surface area (Å²) < 4.78 is 6.33. The van der Waals surface area contributed by atoms with Gasteiger partial charge in [0.1, 0.15) is 5.82 Å². The van der Waals surface area contributed by atoms with Gasteiger partial charge in [-0.15, -0.1) is 0 Å². The molecule has 0 saturated heterocycles. The van der Waals surface area contributed by atoms with Crippen molar-refractivity contribution in [2.24, 2.45) is 0 Å². The Morgan fingerprint density at radius 2 is 2.04 bits per heavy atom. The van der Waals surface area contributed by atoms with Crippen LogP contribution < -0.4 is 21.9 Å². The summed E-state index contributed by atoms with van der Waals surface area (Å²) in [6.45, 7) is 2.64. The lowest BCUT2D eigenvalue weighted by Crippen LogP contribution is -2.42. The molecule has 0 unspecified atom stereocenters. The van der Waals surface area contributed by atoms with Gasteiger partial charge in [-0.25, -0.2) is 4.79 Å². The zero-order valence-electron chi connectivity index (χ0n) is 14.9. The Morgan fingerprint density at radius 3 is 2.65 bits per heavy atom. The van der Waals surface area contributed by atoms with E-state index >= 15 is 0 Å². The average molecular weight is 361 g/mol. The van der Waals surface area contributed by atoms with Gasteiger partial charge in [-0.2, -0.15) is 0 Å². The molecule has 0 radical (unpaired) electrons. The predicted molar refractivity (Wildman–Crippen MR) is 98.4 cm³/mol. The summed E-state index contributed by atoms with van der Waals surface area (Å²) in [5.74, 6) is -0.465. The number of H-pyrrole nitrogens is 1. The number of hydrogen-bond donors (Lipinski definition) is 2. The number of aromatic nitrogens is 3. The minimum absolute atomic E-state index is 0.0364. The van der Waals surface area contributed by atoms with E-state index in [1.807, 2.05) is 6.92 Å². The minimum atomic E-state index is -0.709. The molecular formula is C17H23N5O4.